The third-order valence-electron chi connectivity index (χ3n) is 3.69. The molecule has 0 fully saturated rings. The number of carbonyl (C=O) groups excluding carboxylic acids is 2. The number of amides is 2. The van der Waals surface area contributed by atoms with Gasteiger partial charge in [0.05, 0.1) is 31.5 Å². The van der Waals surface area contributed by atoms with Gasteiger partial charge in [-0.05, 0) is 30.2 Å². The maximum absolute atomic E-state index is 12.0. The van der Waals surface area contributed by atoms with E-state index in [1.165, 1.54) is 20.4 Å². The largest absolute Gasteiger partial charge is 0.493 e. The topological polar surface area (TPSA) is 89.0 Å². The van der Waals surface area contributed by atoms with Gasteiger partial charge in [0.2, 0.25) is 0 Å². The van der Waals surface area contributed by atoms with Gasteiger partial charge in [-0.3, -0.25) is 9.59 Å². The average Bonchev–Trinajstić information content (AvgIpc) is 2.67. The predicted octanol–water partition coefficient (Wildman–Crippen LogP) is 2.68. The maximum Gasteiger partial charge on any atom is 0.329 e. The van der Waals surface area contributed by atoms with Crippen LogP contribution in [0.3, 0.4) is 0 Å². The molecule has 142 valence electrons. The normalized spacial score (nSPS) is 11.7. The van der Waals surface area contributed by atoms with Gasteiger partial charge in [0.1, 0.15) is 0 Å². The molecule has 0 aromatic heterocycles. The van der Waals surface area contributed by atoms with Crippen LogP contribution >= 0.6 is 11.6 Å². The van der Waals surface area contributed by atoms with Crippen molar-refractivity contribution in [2.75, 3.05) is 14.2 Å². The molecule has 7 nitrogen and oxygen atoms in total. The zero-order chi connectivity index (χ0) is 19.8. The van der Waals surface area contributed by atoms with E-state index in [0.717, 1.165) is 5.56 Å². The second-order valence-corrected chi connectivity index (χ2v) is 5.95. The second kappa shape index (κ2) is 9.59. The molecule has 0 aliphatic rings. The van der Waals surface area contributed by atoms with Gasteiger partial charge in [0.15, 0.2) is 11.5 Å². The molecule has 0 saturated heterocycles. The lowest BCUT2D eigenvalue weighted by molar-refractivity contribution is -0.139. The van der Waals surface area contributed by atoms with E-state index in [2.05, 4.69) is 15.8 Å². The molecule has 2 N–H and O–H groups in total. The van der Waals surface area contributed by atoms with Gasteiger partial charge in [-0.2, -0.15) is 5.10 Å². The Kier molecular flexibility index (Phi) is 7.19. The van der Waals surface area contributed by atoms with Crippen LogP contribution in [0.25, 0.3) is 0 Å². The van der Waals surface area contributed by atoms with Crippen LogP contribution in [-0.4, -0.2) is 32.2 Å². The van der Waals surface area contributed by atoms with Crippen LogP contribution in [0.15, 0.2) is 47.6 Å². The summed E-state index contributed by atoms with van der Waals surface area (Å²) in [5, 5.41) is 6.71. The highest BCUT2D eigenvalue weighted by molar-refractivity contribution is 6.35. The van der Waals surface area contributed by atoms with Crippen LogP contribution in [0.4, 0.5) is 0 Å². The number of halogens is 1. The molecule has 0 saturated carbocycles. The first-order valence-corrected chi connectivity index (χ1v) is 8.44. The van der Waals surface area contributed by atoms with Crippen LogP contribution in [0.1, 0.15) is 24.1 Å². The predicted molar refractivity (Wildman–Crippen MR) is 103 cm³/mol. The molecule has 0 radical (unpaired) electrons. The summed E-state index contributed by atoms with van der Waals surface area (Å²) in [7, 11) is 2.96. The molecular formula is C19H20ClN3O4. The zero-order valence-electron chi connectivity index (χ0n) is 15.2. The maximum atomic E-state index is 12.0. The van der Waals surface area contributed by atoms with E-state index >= 15 is 0 Å². The summed E-state index contributed by atoms with van der Waals surface area (Å²) in [6, 6.07) is 12.2. The summed E-state index contributed by atoms with van der Waals surface area (Å²) in [5.41, 5.74) is 3.63. The smallest absolute Gasteiger partial charge is 0.329 e. The van der Waals surface area contributed by atoms with Crippen molar-refractivity contribution in [2.24, 2.45) is 5.10 Å². The molecule has 0 spiro atoms. The van der Waals surface area contributed by atoms with Crippen LogP contribution in [-0.2, 0) is 9.59 Å². The van der Waals surface area contributed by atoms with Crippen molar-refractivity contribution in [3.63, 3.8) is 0 Å². The summed E-state index contributed by atoms with van der Waals surface area (Å²) < 4.78 is 10.3. The number of ether oxygens (including phenoxy) is 2. The van der Waals surface area contributed by atoms with Crippen molar-refractivity contribution in [1.82, 2.24) is 10.7 Å². The van der Waals surface area contributed by atoms with Crippen LogP contribution in [0.5, 0.6) is 11.5 Å². The lowest BCUT2D eigenvalue weighted by Gasteiger charge is -2.13. The summed E-state index contributed by atoms with van der Waals surface area (Å²) in [6.07, 6.45) is 1.35. The summed E-state index contributed by atoms with van der Waals surface area (Å²) in [6.45, 7) is 1.79. The fourth-order valence-corrected chi connectivity index (χ4v) is 2.61. The Balaban J connectivity index is 1.96. The number of hydrogen-bond acceptors (Lipinski definition) is 5. The second-order valence-electron chi connectivity index (χ2n) is 5.54. The minimum atomic E-state index is -0.874. The number of benzene rings is 2. The molecular weight excluding hydrogens is 370 g/mol. The third kappa shape index (κ3) is 5.46. The Morgan fingerprint density at radius 3 is 2.44 bits per heavy atom. The highest BCUT2D eigenvalue weighted by Gasteiger charge is 2.16. The first-order chi connectivity index (χ1) is 13.0. The molecule has 2 aromatic rings. The van der Waals surface area contributed by atoms with E-state index < -0.39 is 11.8 Å². The number of nitrogens with zero attached hydrogens (tertiary/aromatic N) is 1. The molecule has 0 bridgehead atoms. The number of hydrazone groups is 1. The minimum Gasteiger partial charge on any atom is -0.493 e. The van der Waals surface area contributed by atoms with Crippen LogP contribution in [0.2, 0.25) is 5.02 Å². The van der Waals surface area contributed by atoms with Crippen LogP contribution in [0, 0.1) is 0 Å². The molecule has 8 heteroatoms. The summed E-state index contributed by atoms with van der Waals surface area (Å²) in [4.78, 5) is 23.8. The third-order valence-corrected chi connectivity index (χ3v) is 3.97. The molecule has 1 atom stereocenters. The quantitative estimate of drug-likeness (QED) is 0.451. The molecule has 27 heavy (non-hydrogen) atoms. The monoisotopic (exact) mass is 389 g/mol. The van der Waals surface area contributed by atoms with Gasteiger partial charge >= 0.3 is 11.8 Å². The molecule has 0 aliphatic carbocycles. The SMILES string of the molecule is COc1cc(/C=N\NC(=O)C(=O)N[C@H](C)c2ccccc2)cc(Cl)c1OC. The van der Waals surface area contributed by atoms with Gasteiger partial charge in [-0.15, -0.1) is 0 Å². The van der Waals surface area contributed by atoms with E-state index in [4.69, 9.17) is 21.1 Å². The zero-order valence-corrected chi connectivity index (χ0v) is 15.9. The fraction of sp³-hybridized carbons (Fsp3) is 0.211. The lowest BCUT2D eigenvalue weighted by Crippen LogP contribution is -2.39. The number of hydrogen-bond donors (Lipinski definition) is 2. The molecule has 2 aromatic carbocycles. The molecule has 0 heterocycles. The number of nitrogens with one attached hydrogen (secondary N) is 2. The first-order valence-electron chi connectivity index (χ1n) is 8.06. The number of carbonyl (C=O) groups is 2. The van der Waals surface area contributed by atoms with Crippen LogP contribution < -0.4 is 20.2 Å². The Hall–Kier alpha value is -3.06. The number of methoxy groups -OCH3 is 2. The fourth-order valence-electron chi connectivity index (χ4n) is 2.32. The van der Waals surface area contributed by atoms with Crippen molar-refractivity contribution in [2.45, 2.75) is 13.0 Å². The van der Waals surface area contributed by atoms with Crippen molar-refractivity contribution < 1.29 is 19.1 Å². The van der Waals surface area contributed by atoms with Gasteiger partial charge in [0, 0.05) is 0 Å². The van der Waals surface area contributed by atoms with Crippen molar-refractivity contribution in [1.29, 1.82) is 0 Å². The van der Waals surface area contributed by atoms with Gasteiger partial charge in [-0.1, -0.05) is 41.9 Å². The molecule has 0 aliphatic heterocycles. The minimum absolute atomic E-state index is 0.307. The van der Waals surface area contributed by atoms with Crippen molar-refractivity contribution in [3.05, 3.63) is 58.6 Å². The Morgan fingerprint density at radius 1 is 1.11 bits per heavy atom. The van der Waals surface area contributed by atoms with E-state index in [-0.39, 0.29) is 6.04 Å². The highest BCUT2D eigenvalue weighted by atomic mass is 35.5. The standard InChI is InChI=1S/C19H20ClN3O4/c1-12(14-7-5-4-6-8-14)22-18(24)19(25)23-21-11-13-9-15(20)17(27-3)16(10-13)26-2/h4-12H,1-3H3,(H,22,24)(H,23,25)/b21-11-/t12-/m1/s1. The van der Waals surface area contributed by atoms with E-state index in [1.807, 2.05) is 30.3 Å². The summed E-state index contributed by atoms with van der Waals surface area (Å²) >= 11 is 6.10. The lowest BCUT2D eigenvalue weighted by atomic mass is 10.1. The van der Waals surface area contributed by atoms with Gasteiger partial charge < -0.3 is 14.8 Å². The van der Waals surface area contributed by atoms with Crippen molar-refractivity contribution in [3.8, 4) is 11.5 Å². The van der Waals surface area contributed by atoms with E-state index in [9.17, 15) is 9.59 Å². The van der Waals surface area contributed by atoms with Gasteiger partial charge in [-0.25, -0.2) is 5.43 Å². The summed E-state index contributed by atoms with van der Waals surface area (Å²) in [5.74, 6) is -0.837. The average molecular weight is 390 g/mol. The molecule has 0 unspecified atom stereocenters. The van der Waals surface area contributed by atoms with Gasteiger partial charge in [0.25, 0.3) is 0 Å². The molecule has 2 amide bonds. The Morgan fingerprint density at radius 2 is 1.81 bits per heavy atom. The van der Waals surface area contributed by atoms with Crippen molar-refractivity contribution >= 4 is 29.6 Å². The Labute approximate surface area is 162 Å². The number of rotatable bonds is 6. The highest BCUT2D eigenvalue weighted by Crippen LogP contribution is 2.35. The van der Waals surface area contributed by atoms with E-state index in [1.54, 1.807) is 19.1 Å². The Bertz CT molecular complexity index is 840. The first kappa shape index (κ1) is 20.3. The van der Waals surface area contributed by atoms with E-state index in [0.29, 0.717) is 22.1 Å². The molecule has 2 rings (SSSR count).